The molecule has 0 saturated heterocycles. The summed E-state index contributed by atoms with van der Waals surface area (Å²) in [5.74, 6) is -2.32. The van der Waals surface area contributed by atoms with Crippen molar-refractivity contribution in [2.24, 2.45) is 0 Å². The molecular formula is C20H19F3N4O4. The SMILES string of the molecule is O=C(CCC1(O)CC1)NCc1ncc(F)cc1F.O=c1[nH]c(=O)c2cc(F)ccc2[nH]1. The molecule has 11 heteroatoms. The van der Waals surface area contributed by atoms with E-state index in [4.69, 9.17) is 0 Å². The van der Waals surface area contributed by atoms with Crippen LogP contribution in [-0.4, -0.2) is 31.6 Å². The molecule has 0 bridgehead atoms. The number of nitrogens with one attached hydrogen (secondary N) is 3. The maximum Gasteiger partial charge on any atom is 0.326 e. The average Bonchev–Trinajstić information content (AvgIpc) is 3.44. The number of hydrogen-bond donors (Lipinski definition) is 4. The van der Waals surface area contributed by atoms with Gasteiger partial charge in [0.1, 0.15) is 17.5 Å². The molecule has 0 aliphatic heterocycles. The Morgan fingerprint density at radius 2 is 1.87 bits per heavy atom. The summed E-state index contributed by atoms with van der Waals surface area (Å²) in [6.07, 6.45) is 2.97. The molecule has 164 valence electrons. The van der Waals surface area contributed by atoms with Gasteiger partial charge in [0.15, 0.2) is 0 Å². The van der Waals surface area contributed by atoms with E-state index in [-0.39, 0.29) is 30.0 Å². The van der Waals surface area contributed by atoms with E-state index in [2.05, 4.69) is 15.3 Å². The van der Waals surface area contributed by atoms with Crippen molar-refractivity contribution in [3.05, 3.63) is 74.4 Å². The molecule has 0 atom stereocenters. The highest BCUT2D eigenvalue weighted by Gasteiger charge is 2.39. The van der Waals surface area contributed by atoms with Crippen molar-refractivity contribution in [2.75, 3.05) is 0 Å². The molecule has 1 aliphatic rings. The molecule has 0 radical (unpaired) electrons. The Morgan fingerprint density at radius 1 is 1.13 bits per heavy atom. The van der Waals surface area contributed by atoms with Crippen LogP contribution in [0.4, 0.5) is 13.2 Å². The van der Waals surface area contributed by atoms with Crippen molar-refractivity contribution < 1.29 is 23.1 Å². The maximum atomic E-state index is 13.2. The lowest BCUT2D eigenvalue weighted by molar-refractivity contribution is -0.122. The number of hydrogen-bond acceptors (Lipinski definition) is 5. The quantitative estimate of drug-likeness (QED) is 0.484. The van der Waals surface area contributed by atoms with Crippen LogP contribution in [-0.2, 0) is 11.3 Å². The molecule has 1 aromatic carbocycles. The Balaban J connectivity index is 0.000000185. The number of aliphatic hydroxyl groups is 1. The van der Waals surface area contributed by atoms with Crippen LogP contribution in [0, 0.1) is 17.5 Å². The van der Waals surface area contributed by atoms with E-state index in [1.54, 1.807) is 0 Å². The normalized spacial score (nSPS) is 13.9. The van der Waals surface area contributed by atoms with Crippen LogP contribution < -0.4 is 16.6 Å². The fourth-order valence-electron chi connectivity index (χ4n) is 2.72. The Hall–Kier alpha value is -3.47. The number of benzene rings is 1. The van der Waals surface area contributed by atoms with Crippen LogP contribution >= 0.6 is 0 Å². The average molecular weight is 436 g/mol. The zero-order chi connectivity index (χ0) is 22.6. The Labute approximate surface area is 173 Å². The second-order valence-electron chi connectivity index (χ2n) is 7.18. The minimum absolute atomic E-state index is 0.00474. The summed E-state index contributed by atoms with van der Waals surface area (Å²) < 4.78 is 38.5. The van der Waals surface area contributed by atoms with E-state index >= 15 is 0 Å². The molecule has 0 spiro atoms. The van der Waals surface area contributed by atoms with Crippen LogP contribution in [0.2, 0.25) is 0 Å². The summed E-state index contributed by atoms with van der Waals surface area (Å²) in [7, 11) is 0. The Bertz CT molecular complexity index is 1220. The Morgan fingerprint density at radius 3 is 2.55 bits per heavy atom. The first-order valence-electron chi connectivity index (χ1n) is 9.36. The molecule has 2 aromatic heterocycles. The number of pyridine rings is 1. The first-order chi connectivity index (χ1) is 14.6. The number of fused-ring (bicyclic) bond motifs is 1. The third-order valence-corrected chi connectivity index (χ3v) is 4.68. The molecular weight excluding hydrogens is 417 g/mol. The molecule has 3 aromatic rings. The monoisotopic (exact) mass is 436 g/mol. The van der Waals surface area contributed by atoms with Gasteiger partial charge in [-0.1, -0.05) is 0 Å². The van der Waals surface area contributed by atoms with Gasteiger partial charge in [0.25, 0.3) is 5.56 Å². The van der Waals surface area contributed by atoms with Gasteiger partial charge in [-0.3, -0.25) is 19.6 Å². The van der Waals surface area contributed by atoms with Crippen molar-refractivity contribution in [3.63, 3.8) is 0 Å². The summed E-state index contributed by atoms with van der Waals surface area (Å²) in [5, 5.41) is 12.2. The van der Waals surface area contributed by atoms with E-state index in [0.717, 1.165) is 31.2 Å². The summed E-state index contributed by atoms with van der Waals surface area (Å²) >= 11 is 0. The van der Waals surface area contributed by atoms with Crippen molar-refractivity contribution in [1.82, 2.24) is 20.3 Å². The van der Waals surface area contributed by atoms with Gasteiger partial charge < -0.3 is 15.4 Å². The van der Waals surface area contributed by atoms with Gasteiger partial charge in [0.2, 0.25) is 5.91 Å². The predicted octanol–water partition coefficient (Wildman–Crippen LogP) is 1.64. The largest absolute Gasteiger partial charge is 0.390 e. The molecule has 0 unspecified atom stereocenters. The van der Waals surface area contributed by atoms with Crippen LogP contribution in [0.15, 0.2) is 40.1 Å². The highest BCUT2D eigenvalue weighted by Crippen LogP contribution is 2.39. The van der Waals surface area contributed by atoms with Crippen LogP contribution in [0.1, 0.15) is 31.4 Å². The molecule has 4 rings (SSSR count). The lowest BCUT2D eigenvalue weighted by Gasteiger charge is -2.08. The molecule has 1 aliphatic carbocycles. The fraction of sp³-hybridized carbons (Fsp3) is 0.300. The zero-order valence-corrected chi connectivity index (χ0v) is 16.2. The second kappa shape index (κ2) is 9.13. The van der Waals surface area contributed by atoms with E-state index in [1.807, 2.05) is 4.98 Å². The number of nitrogens with zero attached hydrogens (tertiary/aromatic N) is 1. The van der Waals surface area contributed by atoms with Gasteiger partial charge in [-0.05, 0) is 37.5 Å². The number of carbonyl (C=O) groups excluding carboxylic acids is 1. The van der Waals surface area contributed by atoms with E-state index < -0.39 is 34.3 Å². The summed E-state index contributed by atoms with van der Waals surface area (Å²) in [5.41, 5.74) is -1.52. The topological polar surface area (TPSA) is 128 Å². The van der Waals surface area contributed by atoms with Crippen LogP contribution in [0.25, 0.3) is 10.9 Å². The molecule has 2 heterocycles. The molecule has 1 amide bonds. The van der Waals surface area contributed by atoms with Gasteiger partial charge in [0.05, 0.1) is 34.9 Å². The van der Waals surface area contributed by atoms with E-state index in [1.165, 1.54) is 12.1 Å². The number of aromatic amines is 2. The first kappa shape index (κ1) is 22.2. The van der Waals surface area contributed by atoms with Gasteiger partial charge in [-0.15, -0.1) is 0 Å². The molecule has 1 saturated carbocycles. The smallest absolute Gasteiger partial charge is 0.326 e. The number of halogens is 3. The molecule has 31 heavy (non-hydrogen) atoms. The first-order valence-corrected chi connectivity index (χ1v) is 9.36. The van der Waals surface area contributed by atoms with Gasteiger partial charge >= 0.3 is 5.69 Å². The van der Waals surface area contributed by atoms with Crippen molar-refractivity contribution >= 4 is 16.8 Å². The summed E-state index contributed by atoms with van der Waals surface area (Å²) in [6.45, 7) is -0.0800. The number of carbonyl (C=O) groups is 1. The zero-order valence-electron chi connectivity index (χ0n) is 16.2. The van der Waals surface area contributed by atoms with Crippen molar-refractivity contribution in [1.29, 1.82) is 0 Å². The minimum atomic E-state index is -0.781. The lowest BCUT2D eigenvalue weighted by atomic mass is 10.1. The number of rotatable bonds is 5. The van der Waals surface area contributed by atoms with Gasteiger partial charge in [0, 0.05) is 12.5 Å². The summed E-state index contributed by atoms with van der Waals surface area (Å²) in [4.78, 5) is 41.3. The molecule has 8 nitrogen and oxygen atoms in total. The Kier molecular flexibility index (Phi) is 6.54. The highest BCUT2D eigenvalue weighted by molar-refractivity contribution is 5.77. The summed E-state index contributed by atoms with van der Waals surface area (Å²) in [6, 6.07) is 4.32. The fourth-order valence-corrected chi connectivity index (χ4v) is 2.72. The van der Waals surface area contributed by atoms with Crippen molar-refractivity contribution in [2.45, 2.75) is 37.8 Å². The van der Waals surface area contributed by atoms with E-state index in [9.17, 15) is 32.7 Å². The minimum Gasteiger partial charge on any atom is -0.390 e. The standard InChI is InChI=1S/C12H14F2N2O2.C8H5FN2O2/c13-8-5-9(14)10(15-6-8)7-16-11(17)1-2-12(18)3-4-12;9-4-1-2-6-5(3-4)7(12)11-8(13)10-6/h5-6,18H,1-4,7H2,(H,16,17);1-3H,(H2,10,11,12,13). The lowest BCUT2D eigenvalue weighted by Crippen LogP contribution is -2.25. The number of aromatic nitrogens is 3. The molecule has 1 fully saturated rings. The predicted molar refractivity (Wildman–Crippen MR) is 105 cm³/mol. The maximum absolute atomic E-state index is 13.2. The number of amides is 1. The van der Waals surface area contributed by atoms with E-state index in [0.29, 0.717) is 11.9 Å². The third-order valence-electron chi connectivity index (χ3n) is 4.68. The van der Waals surface area contributed by atoms with Gasteiger partial charge in [-0.2, -0.15) is 0 Å². The van der Waals surface area contributed by atoms with Crippen LogP contribution in [0.3, 0.4) is 0 Å². The van der Waals surface area contributed by atoms with Crippen molar-refractivity contribution in [3.8, 4) is 0 Å². The van der Waals surface area contributed by atoms with Crippen LogP contribution in [0.5, 0.6) is 0 Å². The van der Waals surface area contributed by atoms with Gasteiger partial charge in [-0.25, -0.2) is 18.0 Å². The molecule has 4 N–H and O–H groups in total. The number of H-pyrrole nitrogens is 2. The third kappa shape index (κ3) is 6.25. The highest BCUT2D eigenvalue weighted by atomic mass is 19.1. The second-order valence-corrected chi connectivity index (χ2v) is 7.18.